The first kappa shape index (κ1) is 14.6. The molecule has 1 heterocycles. The second-order valence-corrected chi connectivity index (χ2v) is 6.88. The van der Waals surface area contributed by atoms with Gasteiger partial charge < -0.3 is 4.42 Å². The molecule has 0 spiro atoms. The van der Waals surface area contributed by atoms with E-state index in [1.165, 1.54) is 17.3 Å². The minimum Gasteiger partial charge on any atom is -0.411 e. The lowest BCUT2D eigenvalue weighted by Gasteiger charge is -2.18. The van der Waals surface area contributed by atoms with Gasteiger partial charge in [0.05, 0.1) is 11.3 Å². The third kappa shape index (κ3) is 3.40. The molecule has 0 N–H and O–H groups in total. The molecule has 0 saturated heterocycles. The van der Waals surface area contributed by atoms with Crippen LogP contribution in [0, 0.1) is 11.3 Å². The summed E-state index contributed by atoms with van der Waals surface area (Å²) < 4.78 is 5.56. The highest BCUT2D eigenvalue weighted by Crippen LogP contribution is 2.28. The van der Waals surface area contributed by atoms with Gasteiger partial charge in [-0.1, -0.05) is 32.9 Å². The fraction of sp³-hybridized carbons (Fsp3) is 0.400. The molecule has 0 unspecified atom stereocenters. The van der Waals surface area contributed by atoms with E-state index in [0.717, 1.165) is 5.56 Å². The summed E-state index contributed by atoms with van der Waals surface area (Å²) >= 11 is 1.27. The summed E-state index contributed by atoms with van der Waals surface area (Å²) in [4.78, 5) is 0. The Hall–Kier alpha value is -1.80. The quantitative estimate of drug-likeness (QED) is 0.797. The van der Waals surface area contributed by atoms with Gasteiger partial charge in [0.15, 0.2) is 0 Å². The van der Waals surface area contributed by atoms with Crippen LogP contribution in [0.15, 0.2) is 33.9 Å². The molecule has 5 heteroatoms. The summed E-state index contributed by atoms with van der Waals surface area (Å²) in [5, 5.41) is 17.0. The van der Waals surface area contributed by atoms with Gasteiger partial charge in [0.25, 0.3) is 5.22 Å². The molecule has 104 valence electrons. The number of hydrogen-bond donors (Lipinski definition) is 0. The van der Waals surface area contributed by atoms with Crippen LogP contribution in [-0.4, -0.2) is 15.4 Å². The number of rotatable bonds is 3. The van der Waals surface area contributed by atoms with Gasteiger partial charge in [0.1, 0.15) is 0 Å². The van der Waals surface area contributed by atoms with Crippen LogP contribution in [0.4, 0.5) is 0 Å². The molecule has 0 aliphatic rings. The van der Waals surface area contributed by atoms with Gasteiger partial charge in [-0.05, 0) is 41.8 Å². The Morgan fingerprint density at radius 1 is 1.20 bits per heavy atom. The van der Waals surface area contributed by atoms with Crippen molar-refractivity contribution in [2.75, 3.05) is 0 Å². The molecular weight excluding hydrogens is 270 g/mol. The first-order valence-corrected chi connectivity index (χ1v) is 7.29. The van der Waals surface area contributed by atoms with Crippen LogP contribution < -0.4 is 0 Å². The molecule has 0 amide bonds. The molecule has 20 heavy (non-hydrogen) atoms. The standard InChI is InChI=1S/C15H17N3OS/c1-10(9-16)20-14-18-17-13(19-14)11-5-7-12(8-6-11)15(2,3)4/h5-8,10H,1-4H3/t10-/m1/s1. The first-order chi connectivity index (χ1) is 9.40. The highest BCUT2D eigenvalue weighted by atomic mass is 32.2. The first-order valence-electron chi connectivity index (χ1n) is 6.41. The zero-order valence-electron chi connectivity index (χ0n) is 12.0. The Morgan fingerprint density at radius 3 is 2.40 bits per heavy atom. The minimum atomic E-state index is -0.202. The van der Waals surface area contributed by atoms with E-state index in [4.69, 9.17) is 9.68 Å². The van der Waals surface area contributed by atoms with E-state index < -0.39 is 0 Å². The van der Waals surface area contributed by atoms with Gasteiger partial charge in [-0.25, -0.2) is 0 Å². The van der Waals surface area contributed by atoms with Crippen LogP contribution in [0.25, 0.3) is 11.5 Å². The topological polar surface area (TPSA) is 62.7 Å². The van der Waals surface area contributed by atoms with Gasteiger partial charge in [-0.15, -0.1) is 10.2 Å². The third-order valence-electron chi connectivity index (χ3n) is 2.86. The van der Waals surface area contributed by atoms with Crippen LogP contribution in [0.3, 0.4) is 0 Å². The Kier molecular flexibility index (Phi) is 4.15. The maximum Gasteiger partial charge on any atom is 0.278 e. The predicted octanol–water partition coefficient (Wildman–Crippen LogP) is 4.04. The Bertz CT molecular complexity index is 620. The fourth-order valence-corrected chi connectivity index (χ4v) is 2.23. The Balaban J connectivity index is 2.19. The van der Waals surface area contributed by atoms with Gasteiger partial charge in [-0.2, -0.15) is 5.26 Å². The number of thioether (sulfide) groups is 1. The summed E-state index contributed by atoms with van der Waals surface area (Å²) in [7, 11) is 0. The van der Waals surface area contributed by atoms with Crippen LogP contribution in [0.2, 0.25) is 0 Å². The summed E-state index contributed by atoms with van der Waals surface area (Å²) in [5.74, 6) is 0.484. The fourth-order valence-electron chi connectivity index (χ4n) is 1.66. The lowest BCUT2D eigenvalue weighted by Crippen LogP contribution is -2.10. The SMILES string of the molecule is C[C@H](C#N)Sc1nnc(-c2ccc(C(C)(C)C)cc2)o1. The van der Waals surface area contributed by atoms with Crippen LogP contribution in [-0.2, 0) is 5.41 Å². The van der Waals surface area contributed by atoms with E-state index in [9.17, 15) is 0 Å². The van der Waals surface area contributed by atoms with Gasteiger partial charge in [-0.3, -0.25) is 0 Å². The van der Waals surface area contributed by atoms with Crippen molar-refractivity contribution in [2.45, 2.75) is 43.6 Å². The van der Waals surface area contributed by atoms with Crippen molar-refractivity contribution >= 4 is 11.8 Å². The van der Waals surface area contributed by atoms with E-state index >= 15 is 0 Å². The van der Waals surface area contributed by atoms with Crippen molar-refractivity contribution in [3.8, 4) is 17.5 Å². The van der Waals surface area contributed by atoms with Crippen molar-refractivity contribution < 1.29 is 4.42 Å². The Morgan fingerprint density at radius 2 is 1.85 bits per heavy atom. The molecule has 0 aliphatic heterocycles. The average molecular weight is 287 g/mol. The van der Waals surface area contributed by atoms with Crippen LogP contribution >= 0.6 is 11.8 Å². The maximum atomic E-state index is 8.77. The molecule has 2 aromatic rings. The van der Waals surface area contributed by atoms with Crippen molar-refractivity contribution in [1.82, 2.24) is 10.2 Å². The largest absolute Gasteiger partial charge is 0.411 e. The second-order valence-electron chi connectivity index (χ2n) is 5.59. The minimum absolute atomic E-state index is 0.122. The summed E-state index contributed by atoms with van der Waals surface area (Å²) in [6.45, 7) is 8.32. The predicted molar refractivity (Wildman–Crippen MR) is 79.4 cm³/mol. The van der Waals surface area contributed by atoms with E-state index in [1.807, 2.05) is 12.1 Å². The number of hydrogen-bond acceptors (Lipinski definition) is 5. The van der Waals surface area contributed by atoms with E-state index in [0.29, 0.717) is 11.1 Å². The lowest BCUT2D eigenvalue weighted by molar-refractivity contribution is 0.465. The maximum absolute atomic E-state index is 8.77. The van der Waals surface area contributed by atoms with Crippen LogP contribution in [0.5, 0.6) is 0 Å². The van der Waals surface area contributed by atoms with E-state index in [1.54, 1.807) is 6.92 Å². The van der Waals surface area contributed by atoms with Crippen molar-refractivity contribution in [3.05, 3.63) is 29.8 Å². The summed E-state index contributed by atoms with van der Waals surface area (Å²) in [6.07, 6.45) is 0. The molecule has 4 nitrogen and oxygen atoms in total. The molecular formula is C15H17N3OS. The van der Waals surface area contributed by atoms with E-state index in [-0.39, 0.29) is 10.7 Å². The lowest BCUT2D eigenvalue weighted by atomic mass is 9.87. The van der Waals surface area contributed by atoms with Crippen molar-refractivity contribution in [3.63, 3.8) is 0 Å². The summed E-state index contributed by atoms with van der Waals surface area (Å²) in [5.41, 5.74) is 2.27. The zero-order valence-corrected chi connectivity index (χ0v) is 12.9. The monoisotopic (exact) mass is 287 g/mol. The smallest absolute Gasteiger partial charge is 0.278 e. The molecule has 0 fully saturated rings. The average Bonchev–Trinajstić information content (AvgIpc) is 2.86. The van der Waals surface area contributed by atoms with Gasteiger partial charge in [0, 0.05) is 5.56 Å². The molecule has 1 aromatic heterocycles. The molecule has 1 atom stereocenters. The molecule has 0 bridgehead atoms. The highest BCUT2D eigenvalue weighted by Gasteiger charge is 2.15. The highest BCUT2D eigenvalue weighted by molar-refractivity contribution is 7.99. The van der Waals surface area contributed by atoms with Gasteiger partial charge in [0.2, 0.25) is 5.89 Å². The van der Waals surface area contributed by atoms with Crippen molar-refractivity contribution in [2.24, 2.45) is 0 Å². The Labute approximate surface area is 123 Å². The van der Waals surface area contributed by atoms with Crippen LogP contribution in [0.1, 0.15) is 33.3 Å². The van der Waals surface area contributed by atoms with Crippen molar-refractivity contribution in [1.29, 1.82) is 5.26 Å². The zero-order chi connectivity index (χ0) is 14.8. The molecule has 0 radical (unpaired) electrons. The number of nitrogens with zero attached hydrogens (tertiary/aromatic N) is 3. The number of benzene rings is 1. The molecule has 2 rings (SSSR count). The van der Waals surface area contributed by atoms with Gasteiger partial charge >= 0.3 is 0 Å². The summed E-state index contributed by atoms with van der Waals surface area (Å²) in [6, 6.07) is 10.2. The molecule has 0 saturated carbocycles. The number of aromatic nitrogens is 2. The molecule has 1 aromatic carbocycles. The number of nitriles is 1. The normalized spacial score (nSPS) is 12.9. The second kappa shape index (κ2) is 5.68. The van der Waals surface area contributed by atoms with E-state index in [2.05, 4.69) is 49.2 Å². The molecule has 0 aliphatic carbocycles. The third-order valence-corrected chi connectivity index (χ3v) is 3.69.